The smallest absolute Gasteiger partial charge is 0.403 e. The largest absolute Gasteiger partial charge is 0.458 e. The predicted octanol–water partition coefficient (Wildman–Crippen LogP) is 6.66. The number of rotatable bonds is 10. The van der Waals surface area contributed by atoms with Crippen molar-refractivity contribution in [2.45, 2.75) is 128 Å². The van der Waals surface area contributed by atoms with Crippen molar-refractivity contribution in [1.29, 1.82) is 0 Å². The fourth-order valence-corrected chi connectivity index (χ4v) is 4.41. The van der Waals surface area contributed by atoms with Gasteiger partial charge >= 0.3 is 14.2 Å². The van der Waals surface area contributed by atoms with E-state index in [2.05, 4.69) is 85.7 Å². The lowest BCUT2D eigenvalue weighted by Crippen LogP contribution is -2.41. The van der Waals surface area contributed by atoms with E-state index >= 15 is 0 Å². The molecular weight excluding hydrogens is 398 g/mol. The molecule has 1 aromatic carbocycles. The first-order valence-corrected chi connectivity index (χ1v) is 12.6. The summed E-state index contributed by atoms with van der Waals surface area (Å²) in [6.07, 6.45) is 8.27. The van der Waals surface area contributed by atoms with Crippen molar-refractivity contribution in [3.63, 3.8) is 0 Å². The van der Waals surface area contributed by atoms with E-state index < -0.39 is 0 Å². The fourth-order valence-electron chi connectivity index (χ4n) is 4.41. The van der Waals surface area contributed by atoms with E-state index in [1.807, 2.05) is 0 Å². The average Bonchev–Trinajstić information content (AvgIpc) is 3.03. The van der Waals surface area contributed by atoms with Gasteiger partial charge in [-0.1, -0.05) is 62.4 Å². The van der Waals surface area contributed by atoms with Crippen LogP contribution in [0.4, 0.5) is 0 Å². The van der Waals surface area contributed by atoms with Crippen LogP contribution in [0.1, 0.15) is 99.5 Å². The number of hydrogen-bond donors (Lipinski definition) is 0. The molecule has 0 atom stereocenters. The van der Waals surface area contributed by atoms with Gasteiger partial charge in [0, 0.05) is 5.72 Å². The maximum atomic E-state index is 6.44. The Hall–Kier alpha value is -0.810. The zero-order chi connectivity index (χ0) is 23.6. The molecule has 4 nitrogen and oxygen atoms in total. The third-order valence-electron chi connectivity index (χ3n) is 8.09. The molecule has 2 fully saturated rings. The van der Waals surface area contributed by atoms with Gasteiger partial charge in [-0.3, -0.25) is 0 Å². The molecule has 1 aromatic rings. The molecule has 3 rings (SSSR count). The summed E-state index contributed by atoms with van der Waals surface area (Å²) in [6, 6.07) is 10.8. The number of benzene rings is 1. The lowest BCUT2D eigenvalue weighted by molar-refractivity contribution is 0.00578. The lowest BCUT2D eigenvalue weighted by atomic mass is 9.50. The van der Waals surface area contributed by atoms with Gasteiger partial charge in [-0.15, -0.1) is 0 Å². The van der Waals surface area contributed by atoms with Gasteiger partial charge in [-0.05, 0) is 73.8 Å². The predicted molar refractivity (Wildman–Crippen MR) is 134 cm³/mol. The Morgan fingerprint density at radius 2 is 1.00 bits per heavy atom. The Bertz CT molecular complexity index is 665. The molecule has 0 aliphatic carbocycles. The molecular formula is C26H44B2O4. The van der Waals surface area contributed by atoms with Crippen LogP contribution in [-0.2, 0) is 25.0 Å². The summed E-state index contributed by atoms with van der Waals surface area (Å²) >= 11 is 0. The van der Waals surface area contributed by atoms with E-state index in [1.165, 1.54) is 37.7 Å². The molecule has 0 spiro atoms. The molecule has 0 aromatic heterocycles. The number of aryl methyl sites for hydroxylation is 1. The van der Waals surface area contributed by atoms with E-state index in [1.54, 1.807) is 0 Å². The first-order chi connectivity index (χ1) is 14.8. The molecule has 0 amide bonds. The molecule has 0 N–H and O–H groups in total. The third kappa shape index (κ3) is 5.81. The molecule has 2 aliphatic heterocycles. The maximum absolute atomic E-state index is 6.44. The average molecular weight is 442 g/mol. The molecule has 178 valence electrons. The lowest BCUT2D eigenvalue weighted by Gasteiger charge is -2.32. The van der Waals surface area contributed by atoms with Gasteiger partial charge in [0.25, 0.3) is 0 Å². The Morgan fingerprint density at radius 3 is 1.47 bits per heavy atom. The van der Waals surface area contributed by atoms with Gasteiger partial charge in [0.15, 0.2) is 0 Å². The normalized spacial score (nSPS) is 23.3. The second-order valence-corrected chi connectivity index (χ2v) is 11.7. The van der Waals surface area contributed by atoms with Crippen molar-refractivity contribution in [3.05, 3.63) is 35.9 Å². The van der Waals surface area contributed by atoms with Gasteiger partial charge in [0.05, 0.1) is 22.4 Å². The highest BCUT2D eigenvalue weighted by atomic mass is 16.7. The van der Waals surface area contributed by atoms with E-state index in [4.69, 9.17) is 18.6 Å². The van der Waals surface area contributed by atoms with E-state index in [0.29, 0.717) is 0 Å². The summed E-state index contributed by atoms with van der Waals surface area (Å²) in [6.45, 7) is 16.9. The molecule has 2 saturated heterocycles. The van der Waals surface area contributed by atoms with Crippen molar-refractivity contribution >= 4 is 14.2 Å². The highest BCUT2D eigenvalue weighted by molar-refractivity contribution is 6.68. The number of hydrogen-bond acceptors (Lipinski definition) is 4. The highest BCUT2D eigenvalue weighted by Gasteiger charge is 2.61. The summed E-state index contributed by atoms with van der Waals surface area (Å²) in [5.41, 5.74) is 0.0950. The first-order valence-electron chi connectivity index (χ1n) is 12.6. The van der Waals surface area contributed by atoms with Crippen molar-refractivity contribution in [3.8, 4) is 0 Å². The molecule has 2 aliphatic rings. The molecule has 2 heterocycles. The molecule has 32 heavy (non-hydrogen) atoms. The second kappa shape index (κ2) is 9.82. The summed E-state index contributed by atoms with van der Waals surface area (Å²) in [5.74, 6) is 0. The molecule has 0 saturated carbocycles. The first kappa shape index (κ1) is 25.8. The van der Waals surface area contributed by atoms with Crippen molar-refractivity contribution < 1.29 is 18.6 Å². The van der Waals surface area contributed by atoms with Gasteiger partial charge < -0.3 is 18.6 Å². The van der Waals surface area contributed by atoms with Crippen molar-refractivity contribution in [2.24, 2.45) is 0 Å². The summed E-state index contributed by atoms with van der Waals surface area (Å²) in [4.78, 5) is 0. The van der Waals surface area contributed by atoms with E-state index in [-0.39, 0.29) is 42.4 Å². The van der Waals surface area contributed by atoms with Gasteiger partial charge in [-0.2, -0.15) is 0 Å². The van der Waals surface area contributed by atoms with Crippen LogP contribution in [0.15, 0.2) is 30.3 Å². The van der Waals surface area contributed by atoms with Crippen molar-refractivity contribution in [2.75, 3.05) is 0 Å². The minimum atomic E-state index is -0.350. The summed E-state index contributed by atoms with van der Waals surface area (Å²) in [5, 5.41) is 0. The molecule has 0 radical (unpaired) electrons. The van der Waals surface area contributed by atoms with Gasteiger partial charge in [0.1, 0.15) is 0 Å². The molecule has 0 unspecified atom stereocenters. The Labute approximate surface area is 197 Å². The topological polar surface area (TPSA) is 36.9 Å². The highest BCUT2D eigenvalue weighted by Crippen LogP contribution is 2.46. The Kier molecular flexibility index (Phi) is 7.92. The SMILES string of the molecule is CC1(C)OB(C(CCCCCCCc2ccccc2)B2OC(C)(C)C(C)(C)O2)OC1(C)C. The Balaban J connectivity index is 1.53. The van der Waals surface area contributed by atoms with Crippen LogP contribution >= 0.6 is 0 Å². The minimum absolute atomic E-state index is 0.0569. The van der Waals surface area contributed by atoms with Gasteiger partial charge in [0.2, 0.25) is 0 Å². The summed E-state index contributed by atoms with van der Waals surface area (Å²) < 4.78 is 25.7. The monoisotopic (exact) mass is 442 g/mol. The fraction of sp³-hybridized carbons (Fsp3) is 0.769. The minimum Gasteiger partial charge on any atom is -0.403 e. The van der Waals surface area contributed by atoms with Gasteiger partial charge in [-0.25, -0.2) is 0 Å². The van der Waals surface area contributed by atoms with Crippen LogP contribution in [0.5, 0.6) is 0 Å². The quantitative estimate of drug-likeness (QED) is 0.300. The van der Waals surface area contributed by atoms with Crippen LogP contribution in [0, 0.1) is 0 Å². The zero-order valence-corrected chi connectivity index (χ0v) is 21.7. The van der Waals surface area contributed by atoms with E-state index in [9.17, 15) is 0 Å². The summed E-state index contributed by atoms with van der Waals surface area (Å²) in [7, 11) is -0.624. The third-order valence-corrected chi connectivity index (χ3v) is 8.09. The van der Waals surface area contributed by atoms with Crippen LogP contribution in [0.25, 0.3) is 0 Å². The standard InChI is InChI=1S/C26H44B2O4/c1-23(2)24(3,4)30-27(29-23)22(28-31-25(5,6)26(7,8)32-28)20-16-11-9-10-13-17-21-18-14-12-15-19-21/h12,14-15,18-19,22H,9-11,13,16-17,20H2,1-8H3. The van der Waals surface area contributed by atoms with E-state index in [0.717, 1.165) is 12.8 Å². The zero-order valence-electron chi connectivity index (χ0n) is 21.7. The second-order valence-electron chi connectivity index (χ2n) is 11.7. The van der Waals surface area contributed by atoms with Crippen LogP contribution in [-0.4, -0.2) is 36.6 Å². The molecule has 0 bridgehead atoms. The van der Waals surface area contributed by atoms with Crippen LogP contribution in [0.3, 0.4) is 0 Å². The van der Waals surface area contributed by atoms with Crippen LogP contribution in [0.2, 0.25) is 5.72 Å². The van der Waals surface area contributed by atoms with Crippen molar-refractivity contribution in [1.82, 2.24) is 0 Å². The van der Waals surface area contributed by atoms with Crippen LogP contribution < -0.4 is 0 Å². The number of unbranched alkanes of at least 4 members (excludes halogenated alkanes) is 4. The molecule has 6 heteroatoms. The maximum Gasteiger partial charge on any atom is 0.458 e. The Morgan fingerprint density at radius 1 is 0.594 bits per heavy atom.